The van der Waals surface area contributed by atoms with Crippen molar-refractivity contribution in [1.29, 1.82) is 0 Å². The predicted octanol–water partition coefficient (Wildman–Crippen LogP) is 0.111. The molecule has 300 valence electrons. The monoisotopic (exact) mass is 807 g/mol. The molecule has 0 spiro atoms. The Hall–Kier alpha value is -7.85. The van der Waals surface area contributed by atoms with Gasteiger partial charge in [0.05, 0.1) is 33.9 Å². The molecule has 13 N–H and O–H groups in total. The molecule has 4 aromatic carbocycles. The van der Waals surface area contributed by atoms with Crippen molar-refractivity contribution in [3.05, 3.63) is 68.8 Å². The molecule has 0 aliphatic carbocycles. The number of phenols is 10. The summed E-state index contributed by atoms with van der Waals surface area (Å²) in [6.45, 7) is -1.32. The maximum atomic E-state index is 14.2. The second kappa shape index (κ2) is 12.6. The molecule has 22 heteroatoms. The first-order valence-corrected chi connectivity index (χ1v) is 16.5. The quantitative estimate of drug-likeness (QED) is 0.0637. The van der Waals surface area contributed by atoms with Gasteiger partial charge in [-0.3, -0.25) is 4.79 Å². The lowest BCUT2D eigenvalue weighted by Gasteiger charge is -2.33. The van der Waals surface area contributed by atoms with E-state index in [-0.39, 0.29) is 0 Å². The molecule has 0 saturated carbocycles. The molecule has 4 aliphatic heterocycles. The number of amides is 1. The SMILES string of the molecule is O=C1OC[C@H]2OC(=O)c3cc(O)c(O)c(O)c3[C@@H]3NC(=O)c4cc5c(c(O)c43)[C@H](OC5=O)[C@H](O)[C@@H](O)[C@@H]2OC(=O)c2cc(O)c(O)c(O)c2-c2c1cc(O)c(O)c2O. The van der Waals surface area contributed by atoms with Crippen molar-refractivity contribution in [3.8, 4) is 68.6 Å². The van der Waals surface area contributed by atoms with E-state index in [4.69, 9.17) is 18.9 Å². The smallest absolute Gasteiger partial charge is 0.339 e. The lowest BCUT2D eigenvalue weighted by molar-refractivity contribution is -0.146. The van der Waals surface area contributed by atoms with Gasteiger partial charge in [-0.1, -0.05) is 0 Å². The molecule has 0 unspecified atom stereocenters. The lowest BCUT2D eigenvalue weighted by Crippen LogP contribution is -2.52. The van der Waals surface area contributed by atoms with Crippen LogP contribution >= 0.6 is 0 Å². The van der Waals surface area contributed by atoms with Gasteiger partial charge in [-0.25, -0.2) is 19.2 Å². The maximum Gasteiger partial charge on any atom is 0.339 e. The Balaban J connectivity index is 1.39. The van der Waals surface area contributed by atoms with Crippen molar-refractivity contribution in [2.45, 2.75) is 36.6 Å². The molecule has 0 radical (unpaired) electrons. The first-order valence-electron chi connectivity index (χ1n) is 16.5. The highest BCUT2D eigenvalue weighted by molar-refractivity contribution is 6.09. The Labute approximate surface area is 319 Å². The molecule has 0 aromatic heterocycles. The summed E-state index contributed by atoms with van der Waals surface area (Å²) < 4.78 is 21.6. The van der Waals surface area contributed by atoms with Gasteiger partial charge in [0.2, 0.25) is 17.2 Å². The first kappa shape index (κ1) is 37.1. The molecule has 4 heterocycles. The molecule has 22 nitrogen and oxygen atoms in total. The molecular weight excluding hydrogens is 782 g/mol. The van der Waals surface area contributed by atoms with Crippen LogP contribution in [0.15, 0.2) is 24.3 Å². The van der Waals surface area contributed by atoms with Gasteiger partial charge in [-0.15, -0.1) is 0 Å². The third kappa shape index (κ3) is 5.08. The number of phenolic OH excluding ortho intramolecular Hbond substituents is 10. The van der Waals surface area contributed by atoms with Crippen molar-refractivity contribution in [2.24, 2.45) is 0 Å². The number of hydrogen-bond donors (Lipinski definition) is 13. The number of aliphatic hydroxyl groups excluding tert-OH is 2. The molecule has 2 bridgehead atoms. The van der Waals surface area contributed by atoms with E-state index in [9.17, 15) is 85.3 Å². The average molecular weight is 808 g/mol. The highest BCUT2D eigenvalue weighted by atomic mass is 16.6. The van der Waals surface area contributed by atoms with Crippen molar-refractivity contribution in [2.75, 3.05) is 6.61 Å². The van der Waals surface area contributed by atoms with E-state index in [1.807, 2.05) is 0 Å². The number of hydrogen-bond acceptors (Lipinski definition) is 21. The van der Waals surface area contributed by atoms with Crippen LogP contribution in [0, 0.1) is 0 Å². The van der Waals surface area contributed by atoms with Crippen molar-refractivity contribution in [1.82, 2.24) is 5.32 Å². The number of fused-ring (bicyclic) bond motifs is 6. The zero-order valence-corrected chi connectivity index (χ0v) is 28.5. The fourth-order valence-corrected chi connectivity index (χ4v) is 7.41. The number of cyclic esters (lactones) is 1. The highest BCUT2D eigenvalue weighted by Crippen LogP contribution is 2.54. The Morgan fingerprint density at radius 2 is 0.966 bits per heavy atom. The molecule has 6 atom stereocenters. The van der Waals surface area contributed by atoms with Gasteiger partial charge >= 0.3 is 23.9 Å². The normalized spacial score (nSPS) is 23.4. The molecule has 0 saturated heterocycles. The van der Waals surface area contributed by atoms with Crippen LogP contribution in [-0.4, -0.2) is 122 Å². The predicted molar refractivity (Wildman–Crippen MR) is 180 cm³/mol. The Bertz CT molecular complexity index is 2600. The number of nitrogens with one attached hydrogen (secondary N) is 1. The minimum atomic E-state index is -2.64. The number of carbonyl (C=O) groups excluding carboxylic acids is 5. The zero-order chi connectivity index (χ0) is 42.0. The lowest BCUT2D eigenvalue weighted by atomic mass is 9.87. The van der Waals surface area contributed by atoms with E-state index in [0.29, 0.717) is 18.2 Å². The number of carbonyl (C=O) groups is 5. The van der Waals surface area contributed by atoms with Crippen molar-refractivity contribution in [3.63, 3.8) is 0 Å². The Morgan fingerprint density at radius 3 is 1.57 bits per heavy atom. The van der Waals surface area contributed by atoms with Gasteiger partial charge < -0.3 is 85.5 Å². The number of esters is 4. The van der Waals surface area contributed by atoms with Gasteiger partial charge in [0.15, 0.2) is 52.8 Å². The maximum absolute atomic E-state index is 14.2. The van der Waals surface area contributed by atoms with E-state index in [0.717, 1.165) is 6.07 Å². The van der Waals surface area contributed by atoms with E-state index in [1.165, 1.54) is 0 Å². The standard InChI is InChI=1S/C36H25NO21/c38-11-2-8-15(25(45)21(11)41)16-9(3-12(39)22(42)26(16)46)36(54)57-30-14(5-55-33(8)51)56-34(52)10-4-13(40)23(43)27(47)18(10)20-17-6(32(50)37-20)1-7-19(24(17)44)31(58-35(7)53)29(49)28(30)48/h1-4,14,20,28-31,38-49H,5H2,(H,37,50)/t14-,20-,28-,29-,30-,31+/m1/s1. The third-order valence-corrected chi connectivity index (χ3v) is 10.2. The minimum absolute atomic E-state index is 0.414. The second-order valence-corrected chi connectivity index (χ2v) is 13.4. The number of ether oxygens (including phenoxy) is 4. The van der Waals surface area contributed by atoms with Crippen LogP contribution in [0.2, 0.25) is 0 Å². The number of benzene rings is 4. The van der Waals surface area contributed by atoms with Crippen molar-refractivity contribution < 1.29 is 104 Å². The van der Waals surface area contributed by atoms with E-state index < -0.39 is 186 Å². The highest BCUT2D eigenvalue weighted by Gasteiger charge is 2.51. The summed E-state index contributed by atoms with van der Waals surface area (Å²) in [6, 6.07) is 0.601. The molecule has 1 amide bonds. The first-order chi connectivity index (χ1) is 27.3. The van der Waals surface area contributed by atoms with Crippen LogP contribution in [0.4, 0.5) is 0 Å². The molecule has 58 heavy (non-hydrogen) atoms. The van der Waals surface area contributed by atoms with E-state index in [1.54, 1.807) is 0 Å². The zero-order valence-electron chi connectivity index (χ0n) is 28.5. The fourth-order valence-electron chi connectivity index (χ4n) is 7.41. The Morgan fingerprint density at radius 1 is 0.483 bits per heavy atom. The third-order valence-electron chi connectivity index (χ3n) is 10.2. The summed E-state index contributed by atoms with van der Waals surface area (Å²) in [5.74, 6) is -19.8. The number of aliphatic hydroxyl groups is 2. The summed E-state index contributed by atoms with van der Waals surface area (Å²) in [7, 11) is 0. The molecular formula is C36H25NO21. The van der Waals surface area contributed by atoms with Crippen LogP contribution in [0.1, 0.15) is 80.6 Å². The summed E-state index contributed by atoms with van der Waals surface area (Å²) >= 11 is 0. The van der Waals surface area contributed by atoms with Gasteiger partial charge in [-0.05, 0) is 24.3 Å². The van der Waals surface area contributed by atoms with Gasteiger partial charge in [-0.2, -0.15) is 0 Å². The van der Waals surface area contributed by atoms with Crippen LogP contribution in [-0.2, 0) is 18.9 Å². The van der Waals surface area contributed by atoms with E-state index in [2.05, 4.69) is 5.32 Å². The molecule has 4 aromatic rings. The second-order valence-electron chi connectivity index (χ2n) is 13.4. The fraction of sp³-hybridized carbons (Fsp3) is 0.194. The van der Waals surface area contributed by atoms with Gasteiger partial charge in [0.25, 0.3) is 5.91 Å². The minimum Gasteiger partial charge on any atom is -0.507 e. The van der Waals surface area contributed by atoms with Crippen LogP contribution in [0.3, 0.4) is 0 Å². The Kier molecular flexibility index (Phi) is 8.05. The summed E-state index contributed by atoms with van der Waals surface area (Å²) in [6.07, 6.45) is -12.1. The van der Waals surface area contributed by atoms with Crippen LogP contribution < -0.4 is 5.32 Å². The van der Waals surface area contributed by atoms with Crippen LogP contribution in [0.5, 0.6) is 57.5 Å². The molecule has 0 fully saturated rings. The largest absolute Gasteiger partial charge is 0.507 e. The summed E-state index contributed by atoms with van der Waals surface area (Å²) in [5, 5.41) is 133. The van der Waals surface area contributed by atoms with E-state index >= 15 is 0 Å². The van der Waals surface area contributed by atoms with Crippen molar-refractivity contribution >= 4 is 29.8 Å². The summed E-state index contributed by atoms with van der Waals surface area (Å²) in [4.78, 5) is 68.4. The number of aromatic hydroxyl groups is 10. The summed E-state index contributed by atoms with van der Waals surface area (Å²) in [5.41, 5.74) is -7.67. The molecule has 8 rings (SSSR count). The topological polar surface area (TPSA) is 377 Å². The average Bonchev–Trinajstić information content (AvgIpc) is 3.70. The number of rotatable bonds is 0. The van der Waals surface area contributed by atoms with Gasteiger partial charge in [0, 0.05) is 27.8 Å². The molecule has 4 aliphatic rings. The van der Waals surface area contributed by atoms with Crippen LogP contribution in [0.25, 0.3) is 11.1 Å². The van der Waals surface area contributed by atoms with Gasteiger partial charge in [0.1, 0.15) is 24.6 Å².